The fourth-order valence-electron chi connectivity index (χ4n) is 2.00. The van der Waals surface area contributed by atoms with Crippen molar-refractivity contribution < 1.29 is 9.84 Å². The third-order valence-electron chi connectivity index (χ3n) is 2.76. The van der Waals surface area contributed by atoms with Gasteiger partial charge in [0.15, 0.2) is 0 Å². The highest BCUT2D eigenvalue weighted by molar-refractivity contribution is 5.16. The molecule has 0 aromatic carbocycles. The zero-order chi connectivity index (χ0) is 11.4. The number of aliphatic hydroxyl groups is 1. The van der Waals surface area contributed by atoms with E-state index in [4.69, 9.17) is 9.84 Å². The Morgan fingerprint density at radius 3 is 3.19 bits per heavy atom. The molecule has 0 spiro atoms. The predicted molar refractivity (Wildman–Crippen MR) is 61.1 cm³/mol. The van der Waals surface area contributed by atoms with Crippen LogP contribution in [0.2, 0.25) is 0 Å². The van der Waals surface area contributed by atoms with Gasteiger partial charge in [0.25, 0.3) is 0 Å². The fraction of sp³-hybridized carbons (Fsp3) is 0.583. The lowest BCUT2D eigenvalue weighted by Crippen LogP contribution is -2.43. The maximum Gasteiger partial charge on any atom is 0.0933 e. The first-order chi connectivity index (χ1) is 7.78. The number of aryl methyl sites for hydroxylation is 1. The summed E-state index contributed by atoms with van der Waals surface area (Å²) in [5, 5.41) is 9.05. The molecule has 2 rings (SSSR count). The summed E-state index contributed by atoms with van der Waals surface area (Å²) >= 11 is 0. The molecular formula is C12H18N2O2. The van der Waals surface area contributed by atoms with Gasteiger partial charge in [-0.25, -0.2) is 0 Å². The average Bonchev–Trinajstić information content (AvgIpc) is 2.29. The van der Waals surface area contributed by atoms with Crippen LogP contribution in [-0.2, 0) is 11.3 Å². The van der Waals surface area contributed by atoms with Crippen molar-refractivity contribution in [1.29, 1.82) is 0 Å². The summed E-state index contributed by atoms with van der Waals surface area (Å²) in [4.78, 5) is 6.47. The lowest BCUT2D eigenvalue weighted by Gasteiger charge is -2.31. The predicted octanol–water partition coefficient (Wildman–Crippen LogP) is 0.583. The van der Waals surface area contributed by atoms with Gasteiger partial charge in [-0.3, -0.25) is 9.88 Å². The van der Waals surface area contributed by atoms with Crippen molar-refractivity contribution in [1.82, 2.24) is 9.88 Å². The molecule has 1 unspecified atom stereocenters. The van der Waals surface area contributed by atoms with E-state index >= 15 is 0 Å². The second kappa shape index (κ2) is 5.39. The summed E-state index contributed by atoms with van der Waals surface area (Å²) in [6.45, 7) is 5.45. The maximum atomic E-state index is 9.05. The Hall–Kier alpha value is -0.970. The van der Waals surface area contributed by atoms with Crippen molar-refractivity contribution in [3.8, 4) is 0 Å². The minimum Gasteiger partial charge on any atom is -0.394 e. The van der Waals surface area contributed by atoms with Crippen LogP contribution in [0, 0.1) is 6.92 Å². The quantitative estimate of drug-likeness (QED) is 0.812. The number of hydrogen-bond donors (Lipinski definition) is 1. The van der Waals surface area contributed by atoms with Gasteiger partial charge < -0.3 is 9.84 Å². The monoisotopic (exact) mass is 222 g/mol. The normalized spacial score (nSPS) is 22.2. The van der Waals surface area contributed by atoms with E-state index in [2.05, 4.69) is 16.0 Å². The Labute approximate surface area is 95.9 Å². The minimum atomic E-state index is -0.0356. The van der Waals surface area contributed by atoms with Crippen LogP contribution in [0.3, 0.4) is 0 Å². The van der Waals surface area contributed by atoms with E-state index in [0.717, 1.165) is 19.6 Å². The van der Waals surface area contributed by atoms with Gasteiger partial charge in [-0.1, -0.05) is 6.07 Å². The molecule has 1 aromatic heterocycles. The van der Waals surface area contributed by atoms with Crippen LogP contribution in [-0.4, -0.2) is 47.4 Å². The summed E-state index contributed by atoms with van der Waals surface area (Å²) in [7, 11) is 0. The van der Waals surface area contributed by atoms with Gasteiger partial charge in [0.2, 0.25) is 0 Å². The van der Waals surface area contributed by atoms with Gasteiger partial charge in [-0.05, 0) is 18.1 Å². The molecule has 2 heterocycles. The molecule has 0 radical (unpaired) electrons. The molecule has 1 atom stereocenters. The van der Waals surface area contributed by atoms with Crippen molar-refractivity contribution in [3.05, 3.63) is 29.6 Å². The van der Waals surface area contributed by atoms with E-state index in [1.54, 1.807) is 0 Å². The second-order valence-corrected chi connectivity index (χ2v) is 4.28. The number of rotatable bonds is 3. The molecule has 1 aromatic rings. The van der Waals surface area contributed by atoms with Crippen molar-refractivity contribution >= 4 is 0 Å². The third kappa shape index (κ3) is 3.01. The van der Waals surface area contributed by atoms with Crippen LogP contribution < -0.4 is 0 Å². The molecule has 0 aliphatic carbocycles. The van der Waals surface area contributed by atoms with Gasteiger partial charge in [0.05, 0.1) is 19.3 Å². The molecule has 1 fully saturated rings. The molecule has 0 saturated carbocycles. The number of aliphatic hydroxyl groups excluding tert-OH is 1. The van der Waals surface area contributed by atoms with Crippen molar-refractivity contribution in [3.63, 3.8) is 0 Å². The molecule has 1 aliphatic heterocycles. The van der Waals surface area contributed by atoms with Crippen LogP contribution >= 0.6 is 0 Å². The molecule has 16 heavy (non-hydrogen) atoms. The topological polar surface area (TPSA) is 45.6 Å². The van der Waals surface area contributed by atoms with Crippen LogP contribution in [0.25, 0.3) is 0 Å². The summed E-state index contributed by atoms with van der Waals surface area (Å²) in [5.41, 5.74) is 2.41. The highest BCUT2D eigenvalue weighted by Crippen LogP contribution is 2.10. The van der Waals surface area contributed by atoms with Crippen molar-refractivity contribution in [2.75, 3.05) is 26.3 Å². The van der Waals surface area contributed by atoms with Crippen molar-refractivity contribution in [2.24, 2.45) is 0 Å². The summed E-state index contributed by atoms with van der Waals surface area (Å²) in [6, 6.07) is 2.15. The Bertz CT molecular complexity index is 344. The zero-order valence-corrected chi connectivity index (χ0v) is 9.59. The van der Waals surface area contributed by atoms with Crippen LogP contribution in [0.4, 0.5) is 0 Å². The molecule has 1 saturated heterocycles. The minimum absolute atomic E-state index is 0.0356. The number of hydrogen-bond acceptors (Lipinski definition) is 4. The summed E-state index contributed by atoms with van der Waals surface area (Å²) < 4.78 is 5.41. The van der Waals surface area contributed by atoms with E-state index in [9.17, 15) is 0 Å². The molecule has 88 valence electrons. The average molecular weight is 222 g/mol. The highest BCUT2D eigenvalue weighted by atomic mass is 16.5. The highest BCUT2D eigenvalue weighted by Gasteiger charge is 2.19. The van der Waals surface area contributed by atoms with Crippen molar-refractivity contribution in [2.45, 2.75) is 19.6 Å². The molecule has 0 bridgehead atoms. The Balaban J connectivity index is 1.94. The third-order valence-corrected chi connectivity index (χ3v) is 2.76. The van der Waals surface area contributed by atoms with Crippen LogP contribution in [0.5, 0.6) is 0 Å². The molecule has 4 heteroatoms. The maximum absolute atomic E-state index is 9.05. The van der Waals surface area contributed by atoms with Gasteiger partial charge in [0.1, 0.15) is 0 Å². The van der Waals surface area contributed by atoms with Gasteiger partial charge in [-0.15, -0.1) is 0 Å². The Morgan fingerprint density at radius 1 is 1.56 bits per heavy atom. The smallest absolute Gasteiger partial charge is 0.0933 e. The lowest BCUT2D eigenvalue weighted by molar-refractivity contribution is -0.0551. The Kier molecular flexibility index (Phi) is 3.88. The number of pyridine rings is 1. The summed E-state index contributed by atoms with van der Waals surface area (Å²) in [5.74, 6) is 0. The van der Waals surface area contributed by atoms with Gasteiger partial charge in [-0.2, -0.15) is 0 Å². The van der Waals surface area contributed by atoms with E-state index in [1.807, 2.05) is 19.3 Å². The summed E-state index contributed by atoms with van der Waals surface area (Å²) in [6.07, 6.45) is 3.72. The van der Waals surface area contributed by atoms with Gasteiger partial charge in [0, 0.05) is 32.0 Å². The van der Waals surface area contributed by atoms with Crippen LogP contribution in [0.15, 0.2) is 18.5 Å². The number of morpholine rings is 1. The standard InChI is InChI=1S/C12H18N2O2/c1-10-4-11(6-13-5-10)7-14-2-3-16-12(8-14)9-15/h4-6,12,15H,2-3,7-9H2,1H3. The lowest BCUT2D eigenvalue weighted by atomic mass is 10.2. The molecule has 1 N–H and O–H groups in total. The first-order valence-corrected chi connectivity index (χ1v) is 5.63. The first kappa shape index (κ1) is 11.5. The number of nitrogens with zero attached hydrogens (tertiary/aromatic N) is 2. The molecule has 0 amide bonds. The van der Waals surface area contributed by atoms with E-state index in [0.29, 0.717) is 6.61 Å². The van der Waals surface area contributed by atoms with Gasteiger partial charge >= 0.3 is 0 Å². The Morgan fingerprint density at radius 2 is 2.44 bits per heavy atom. The zero-order valence-electron chi connectivity index (χ0n) is 9.59. The van der Waals surface area contributed by atoms with E-state index < -0.39 is 0 Å². The number of aromatic nitrogens is 1. The number of ether oxygens (including phenoxy) is 1. The molecular weight excluding hydrogens is 204 g/mol. The SMILES string of the molecule is Cc1cncc(CN2CCOC(CO)C2)c1. The fourth-order valence-corrected chi connectivity index (χ4v) is 2.00. The van der Waals surface area contributed by atoms with E-state index in [-0.39, 0.29) is 12.7 Å². The first-order valence-electron chi connectivity index (χ1n) is 5.63. The second-order valence-electron chi connectivity index (χ2n) is 4.28. The van der Waals surface area contributed by atoms with Crippen LogP contribution in [0.1, 0.15) is 11.1 Å². The molecule has 1 aliphatic rings. The molecule has 4 nitrogen and oxygen atoms in total. The largest absolute Gasteiger partial charge is 0.394 e. The van der Waals surface area contributed by atoms with E-state index in [1.165, 1.54) is 11.1 Å².